The number of hydrogen-bond acceptors (Lipinski definition) is 4. The molecule has 0 radical (unpaired) electrons. The van der Waals surface area contributed by atoms with Crippen molar-refractivity contribution in [2.75, 3.05) is 5.43 Å². The van der Waals surface area contributed by atoms with E-state index in [1.54, 1.807) is 24.4 Å². The van der Waals surface area contributed by atoms with E-state index in [0.29, 0.717) is 10.7 Å². The molecule has 0 aliphatic rings. The summed E-state index contributed by atoms with van der Waals surface area (Å²) in [6.07, 6.45) is 0. The van der Waals surface area contributed by atoms with Gasteiger partial charge in [0.15, 0.2) is 5.82 Å². The van der Waals surface area contributed by atoms with Gasteiger partial charge in [-0.2, -0.15) is 9.77 Å². The Morgan fingerprint density at radius 3 is 3.00 bits per heavy atom. The van der Waals surface area contributed by atoms with Crippen molar-refractivity contribution in [1.82, 2.24) is 14.9 Å². The van der Waals surface area contributed by atoms with E-state index in [9.17, 15) is 9.59 Å². The molecular formula is C8H8N4O2S. The normalized spacial score (nSPS) is 10.2. The van der Waals surface area contributed by atoms with E-state index in [1.807, 2.05) is 0 Å². The lowest BCUT2D eigenvalue weighted by Crippen LogP contribution is -2.31. The molecule has 0 fully saturated rings. The number of carbonyl (C=O) groups is 1. The van der Waals surface area contributed by atoms with Crippen molar-refractivity contribution in [2.45, 2.75) is 6.92 Å². The number of hydrogen-bond donors (Lipinski definition) is 2. The Kier molecular flexibility index (Phi) is 2.38. The standard InChI is InChI=1S/C8H8N4O2S/c1-5-9-10-8(14)12(5)11-7(13)6-3-2-4-15-6/h2-4H,1H3,(H,10,14)(H,11,13). The van der Waals surface area contributed by atoms with Crippen molar-refractivity contribution >= 4 is 17.2 Å². The van der Waals surface area contributed by atoms with Crippen LogP contribution in [0.2, 0.25) is 0 Å². The first-order valence-corrected chi connectivity index (χ1v) is 5.05. The van der Waals surface area contributed by atoms with E-state index in [-0.39, 0.29) is 5.91 Å². The van der Waals surface area contributed by atoms with Crippen LogP contribution < -0.4 is 11.1 Å². The molecule has 2 N–H and O–H groups in total. The molecule has 2 aromatic rings. The third-order valence-electron chi connectivity index (χ3n) is 1.80. The molecule has 0 atom stereocenters. The third-order valence-corrected chi connectivity index (χ3v) is 2.67. The highest BCUT2D eigenvalue weighted by Gasteiger charge is 2.10. The molecule has 0 aromatic carbocycles. The minimum absolute atomic E-state index is 0.323. The number of H-pyrrole nitrogens is 1. The lowest BCUT2D eigenvalue weighted by molar-refractivity contribution is 0.101. The topological polar surface area (TPSA) is 79.8 Å². The molecule has 0 unspecified atom stereocenters. The summed E-state index contributed by atoms with van der Waals surface area (Å²) in [7, 11) is 0. The molecule has 2 rings (SSSR count). The number of carbonyl (C=O) groups excluding carboxylic acids is 1. The molecule has 15 heavy (non-hydrogen) atoms. The van der Waals surface area contributed by atoms with Crippen molar-refractivity contribution in [3.05, 3.63) is 38.7 Å². The van der Waals surface area contributed by atoms with Gasteiger partial charge < -0.3 is 0 Å². The van der Waals surface area contributed by atoms with E-state index >= 15 is 0 Å². The quantitative estimate of drug-likeness (QED) is 0.771. The molecule has 7 heteroatoms. The maximum absolute atomic E-state index is 11.6. The van der Waals surface area contributed by atoms with Gasteiger partial charge in [0, 0.05) is 0 Å². The third kappa shape index (κ3) is 1.82. The maximum atomic E-state index is 11.6. The average Bonchev–Trinajstić information content (AvgIpc) is 2.82. The molecule has 0 saturated carbocycles. The summed E-state index contributed by atoms with van der Waals surface area (Å²) in [6, 6.07) is 3.45. The molecule has 0 spiro atoms. The van der Waals surface area contributed by atoms with Gasteiger partial charge in [-0.3, -0.25) is 10.2 Å². The van der Waals surface area contributed by atoms with Gasteiger partial charge in [-0.15, -0.1) is 11.3 Å². The first-order chi connectivity index (χ1) is 7.18. The fraction of sp³-hybridized carbons (Fsp3) is 0.125. The molecule has 78 valence electrons. The van der Waals surface area contributed by atoms with Crippen LogP contribution >= 0.6 is 11.3 Å². The van der Waals surface area contributed by atoms with Crippen LogP contribution in [-0.2, 0) is 0 Å². The number of nitrogens with zero attached hydrogens (tertiary/aromatic N) is 2. The summed E-state index contributed by atoms with van der Waals surface area (Å²) in [6.45, 7) is 1.62. The first kappa shape index (κ1) is 9.66. The SMILES string of the molecule is Cc1n[nH]c(=O)n1NC(=O)c1cccs1. The molecule has 2 aromatic heterocycles. The van der Waals surface area contributed by atoms with Gasteiger partial charge in [0.1, 0.15) is 0 Å². The van der Waals surface area contributed by atoms with Crippen LogP contribution in [0.4, 0.5) is 0 Å². The molecule has 0 saturated heterocycles. The molecule has 0 aliphatic heterocycles. The number of nitrogens with one attached hydrogen (secondary N) is 2. The predicted molar refractivity (Wildman–Crippen MR) is 55.6 cm³/mol. The largest absolute Gasteiger partial charge is 0.362 e. The lowest BCUT2D eigenvalue weighted by atomic mass is 10.4. The zero-order valence-electron chi connectivity index (χ0n) is 7.85. The first-order valence-electron chi connectivity index (χ1n) is 4.17. The van der Waals surface area contributed by atoms with Gasteiger partial charge in [0.05, 0.1) is 4.88 Å². The molecule has 0 aliphatic carbocycles. The number of thiophene rings is 1. The van der Waals surface area contributed by atoms with Crippen LogP contribution in [0.15, 0.2) is 22.3 Å². The number of aryl methyl sites for hydroxylation is 1. The number of amides is 1. The van der Waals surface area contributed by atoms with Gasteiger partial charge in [0.25, 0.3) is 5.91 Å². The van der Waals surface area contributed by atoms with Crippen molar-refractivity contribution in [3.8, 4) is 0 Å². The van der Waals surface area contributed by atoms with Crippen LogP contribution in [0.3, 0.4) is 0 Å². The van der Waals surface area contributed by atoms with Crippen molar-refractivity contribution < 1.29 is 4.79 Å². The fourth-order valence-electron chi connectivity index (χ4n) is 1.07. The van der Waals surface area contributed by atoms with Gasteiger partial charge in [-0.05, 0) is 18.4 Å². The van der Waals surface area contributed by atoms with Crippen molar-refractivity contribution in [1.29, 1.82) is 0 Å². The highest BCUT2D eigenvalue weighted by Crippen LogP contribution is 2.07. The highest BCUT2D eigenvalue weighted by molar-refractivity contribution is 7.12. The summed E-state index contributed by atoms with van der Waals surface area (Å²) in [4.78, 5) is 23.3. The van der Waals surface area contributed by atoms with Crippen LogP contribution in [0, 0.1) is 6.92 Å². The van der Waals surface area contributed by atoms with Gasteiger partial charge >= 0.3 is 5.69 Å². The molecule has 1 amide bonds. The molecule has 0 bridgehead atoms. The van der Waals surface area contributed by atoms with Gasteiger partial charge in [-0.25, -0.2) is 9.89 Å². The minimum atomic E-state index is -0.461. The van der Waals surface area contributed by atoms with E-state index in [2.05, 4.69) is 15.6 Å². The van der Waals surface area contributed by atoms with Crippen LogP contribution in [0.25, 0.3) is 0 Å². The zero-order valence-corrected chi connectivity index (χ0v) is 8.67. The number of aromatic amines is 1. The molecular weight excluding hydrogens is 216 g/mol. The number of rotatable bonds is 2. The van der Waals surface area contributed by atoms with Crippen LogP contribution in [-0.4, -0.2) is 20.8 Å². The summed E-state index contributed by atoms with van der Waals surface area (Å²) in [5.74, 6) is 0.0847. The van der Waals surface area contributed by atoms with Crippen molar-refractivity contribution in [2.24, 2.45) is 0 Å². The minimum Gasteiger partial charge on any atom is -0.266 e. The van der Waals surface area contributed by atoms with E-state index in [1.165, 1.54) is 11.3 Å². The Morgan fingerprint density at radius 1 is 1.67 bits per heavy atom. The van der Waals surface area contributed by atoms with Crippen LogP contribution in [0.5, 0.6) is 0 Å². The second-order valence-electron chi connectivity index (χ2n) is 2.83. The fourth-order valence-corrected chi connectivity index (χ4v) is 1.69. The van der Waals surface area contributed by atoms with Gasteiger partial charge in [-0.1, -0.05) is 6.07 Å². The summed E-state index contributed by atoms with van der Waals surface area (Å²) in [5, 5.41) is 7.69. The predicted octanol–water partition coefficient (Wildman–Crippen LogP) is 0.325. The zero-order chi connectivity index (χ0) is 10.8. The summed E-state index contributed by atoms with van der Waals surface area (Å²) in [5.41, 5.74) is 1.98. The Hall–Kier alpha value is -1.89. The Bertz CT molecular complexity index is 525. The second kappa shape index (κ2) is 3.70. The highest BCUT2D eigenvalue weighted by atomic mass is 32.1. The maximum Gasteiger partial charge on any atom is 0.362 e. The van der Waals surface area contributed by atoms with Crippen LogP contribution in [0.1, 0.15) is 15.5 Å². The lowest BCUT2D eigenvalue weighted by Gasteiger charge is -2.02. The average molecular weight is 224 g/mol. The summed E-state index contributed by atoms with van der Waals surface area (Å²) < 4.78 is 1.07. The second-order valence-corrected chi connectivity index (χ2v) is 3.78. The van der Waals surface area contributed by atoms with E-state index < -0.39 is 5.69 Å². The monoisotopic (exact) mass is 224 g/mol. The number of aromatic nitrogens is 3. The Balaban J connectivity index is 2.24. The van der Waals surface area contributed by atoms with E-state index in [4.69, 9.17) is 0 Å². The molecule has 6 nitrogen and oxygen atoms in total. The smallest absolute Gasteiger partial charge is 0.266 e. The Morgan fingerprint density at radius 2 is 2.47 bits per heavy atom. The Labute approximate surface area is 88.5 Å². The molecule has 2 heterocycles. The van der Waals surface area contributed by atoms with Crippen molar-refractivity contribution in [3.63, 3.8) is 0 Å². The van der Waals surface area contributed by atoms with Gasteiger partial charge in [0.2, 0.25) is 0 Å². The summed E-state index contributed by atoms with van der Waals surface area (Å²) >= 11 is 1.31. The van der Waals surface area contributed by atoms with E-state index in [0.717, 1.165) is 4.68 Å².